The zero-order chi connectivity index (χ0) is 13.3. The predicted molar refractivity (Wildman–Crippen MR) is 77.6 cm³/mol. The molecule has 0 saturated carbocycles. The van der Waals surface area contributed by atoms with Gasteiger partial charge in [-0.15, -0.1) is 0 Å². The molecule has 0 radical (unpaired) electrons. The highest BCUT2D eigenvalue weighted by Crippen LogP contribution is 2.44. The Hall–Kier alpha value is -1.06. The van der Waals surface area contributed by atoms with E-state index in [1.807, 2.05) is 0 Å². The highest BCUT2D eigenvalue weighted by molar-refractivity contribution is 5.39. The van der Waals surface area contributed by atoms with Crippen LogP contribution in [-0.2, 0) is 0 Å². The maximum absolute atomic E-state index is 6.36. The maximum atomic E-state index is 6.36. The summed E-state index contributed by atoms with van der Waals surface area (Å²) in [4.78, 5) is 2.56. The summed E-state index contributed by atoms with van der Waals surface area (Å²) < 4.78 is 6.36. The lowest BCUT2D eigenvalue weighted by molar-refractivity contribution is 0.0194. The topological polar surface area (TPSA) is 24.5 Å². The first-order valence-corrected chi connectivity index (χ1v) is 7.51. The van der Waals surface area contributed by atoms with E-state index in [0.717, 1.165) is 44.8 Å². The van der Waals surface area contributed by atoms with E-state index in [-0.39, 0.29) is 5.60 Å². The average molecular weight is 260 g/mol. The van der Waals surface area contributed by atoms with Gasteiger partial charge in [-0.1, -0.05) is 32.0 Å². The highest BCUT2D eigenvalue weighted by Gasteiger charge is 2.44. The lowest BCUT2D eigenvalue weighted by Crippen LogP contribution is -2.46. The van der Waals surface area contributed by atoms with Crippen molar-refractivity contribution < 1.29 is 4.74 Å². The minimum Gasteiger partial charge on any atom is -0.485 e. The number of fused-ring (bicyclic) bond motifs is 1. The van der Waals surface area contributed by atoms with Gasteiger partial charge in [-0.25, -0.2) is 0 Å². The Morgan fingerprint density at radius 3 is 2.79 bits per heavy atom. The summed E-state index contributed by atoms with van der Waals surface area (Å²) in [6, 6.07) is 9.07. The highest BCUT2D eigenvalue weighted by atomic mass is 16.5. The Bertz CT molecular complexity index is 436. The minimum absolute atomic E-state index is 0.0155. The molecule has 104 valence electrons. The van der Waals surface area contributed by atoms with Gasteiger partial charge in [0.1, 0.15) is 11.4 Å². The molecule has 1 fully saturated rings. The molecule has 19 heavy (non-hydrogen) atoms. The monoisotopic (exact) mass is 260 g/mol. The SMILES string of the molecule is CCN(CC)C1CC2(CCNC2)Oc2ccccc21. The van der Waals surface area contributed by atoms with Crippen LogP contribution < -0.4 is 10.1 Å². The molecule has 2 aliphatic heterocycles. The van der Waals surface area contributed by atoms with Crippen molar-refractivity contribution in [3.8, 4) is 5.75 Å². The number of ether oxygens (including phenoxy) is 1. The zero-order valence-electron chi connectivity index (χ0n) is 12.0. The fourth-order valence-corrected chi connectivity index (χ4v) is 3.56. The van der Waals surface area contributed by atoms with E-state index in [4.69, 9.17) is 4.74 Å². The van der Waals surface area contributed by atoms with Crippen molar-refractivity contribution in [2.24, 2.45) is 0 Å². The van der Waals surface area contributed by atoms with E-state index in [0.29, 0.717) is 6.04 Å². The number of benzene rings is 1. The fraction of sp³-hybridized carbons (Fsp3) is 0.625. The van der Waals surface area contributed by atoms with E-state index >= 15 is 0 Å². The summed E-state index contributed by atoms with van der Waals surface area (Å²) in [6.07, 6.45) is 2.23. The van der Waals surface area contributed by atoms with Gasteiger partial charge in [-0.05, 0) is 25.7 Å². The average Bonchev–Trinajstić information content (AvgIpc) is 2.88. The van der Waals surface area contributed by atoms with Gasteiger partial charge in [0.05, 0.1) is 0 Å². The van der Waals surface area contributed by atoms with Crippen molar-refractivity contribution in [1.29, 1.82) is 0 Å². The third-order valence-electron chi connectivity index (χ3n) is 4.63. The van der Waals surface area contributed by atoms with E-state index in [1.165, 1.54) is 5.56 Å². The summed E-state index contributed by atoms with van der Waals surface area (Å²) in [5, 5.41) is 3.47. The number of hydrogen-bond donors (Lipinski definition) is 1. The van der Waals surface area contributed by atoms with Crippen LogP contribution in [0, 0.1) is 0 Å². The molecule has 0 aromatic heterocycles. The van der Waals surface area contributed by atoms with Crippen LogP contribution in [0.1, 0.15) is 38.3 Å². The van der Waals surface area contributed by atoms with Gasteiger partial charge in [-0.3, -0.25) is 4.90 Å². The molecule has 1 spiro atoms. The zero-order valence-corrected chi connectivity index (χ0v) is 12.0. The molecule has 0 amide bonds. The van der Waals surface area contributed by atoms with Gasteiger partial charge >= 0.3 is 0 Å². The van der Waals surface area contributed by atoms with E-state index in [2.05, 4.69) is 48.3 Å². The normalized spacial score (nSPS) is 29.5. The van der Waals surface area contributed by atoms with Crippen LogP contribution in [0.4, 0.5) is 0 Å². The van der Waals surface area contributed by atoms with Gasteiger partial charge in [0.2, 0.25) is 0 Å². The van der Waals surface area contributed by atoms with Crippen LogP contribution in [-0.4, -0.2) is 36.7 Å². The molecule has 2 aliphatic rings. The van der Waals surface area contributed by atoms with Crippen molar-refractivity contribution in [3.63, 3.8) is 0 Å². The van der Waals surface area contributed by atoms with Crippen molar-refractivity contribution >= 4 is 0 Å². The Kier molecular flexibility index (Phi) is 3.50. The van der Waals surface area contributed by atoms with Gasteiger partial charge in [0.15, 0.2) is 0 Å². The Morgan fingerprint density at radius 1 is 1.32 bits per heavy atom. The van der Waals surface area contributed by atoms with Crippen molar-refractivity contribution in [2.75, 3.05) is 26.2 Å². The van der Waals surface area contributed by atoms with Crippen LogP contribution in [0.2, 0.25) is 0 Å². The molecule has 3 heteroatoms. The van der Waals surface area contributed by atoms with E-state index in [1.54, 1.807) is 0 Å². The number of hydrogen-bond acceptors (Lipinski definition) is 3. The van der Waals surface area contributed by atoms with Crippen LogP contribution in [0.5, 0.6) is 5.75 Å². The second kappa shape index (κ2) is 5.14. The molecular formula is C16H24N2O. The van der Waals surface area contributed by atoms with Gasteiger partial charge < -0.3 is 10.1 Å². The van der Waals surface area contributed by atoms with E-state index < -0.39 is 0 Å². The summed E-state index contributed by atoms with van der Waals surface area (Å²) in [5.74, 6) is 1.09. The second-order valence-electron chi connectivity index (χ2n) is 5.69. The van der Waals surface area contributed by atoms with Gasteiger partial charge in [0, 0.05) is 31.0 Å². The first kappa shape index (κ1) is 12.9. The smallest absolute Gasteiger partial charge is 0.125 e. The molecule has 1 saturated heterocycles. The largest absolute Gasteiger partial charge is 0.485 e. The van der Waals surface area contributed by atoms with Crippen LogP contribution in [0.3, 0.4) is 0 Å². The Balaban J connectivity index is 1.97. The third-order valence-corrected chi connectivity index (χ3v) is 4.63. The second-order valence-corrected chi connectivity index (χ2v) is 5.69. The molecule has 3 rings (SSSR count). The predicted octanol–water partition coefficient (Wildman–Crippen LogP) is 2.58. The minimum atomic E-state index is 0.0155. The van der Waals surface area contributed by atoms with Crippen molar-refractivity contribution in [2.45, 2.75) is 38.3 Å². The fourth-order valence-electron chi connectivity index (χ4n) is 3.56. The van der Waals surface area contributed by atoms with Crippen LogP contribution in [0.15, 0.2) is 24.3 Å². The molecule has 2 heterocycles. The van der Waals surface area contributed by atoms with Crippen LogP contribution in [0.25, 0.3) is 0 Å². The van der Waals surface area contributed by atoms with E-state index in [9.17, 15) is 0 Å². The number of nitrogens with zero attached hydrogens (tertiary/aromatic N) is 1. The lowest BCUT2D eigenvalue weighted by atomic mass is 9.85. The molecule has 0 aliphatic carbocycles. The summed E-state index contributed by atoms with van der Waals surface area (Å²) in [7, 11) is 0. The summed E-state index contributed by atoms with van der Waals surface area (Å²) in [6.45, 7) is 8.76. The third kappa shape index (κ3) is 2.26. The molecule has 2 atom stereocenters. The summed E-state index contributed by atoms with van der Waals surface area (Å²) >= 11 is 0. The Morgan fingerprint density at radius 2 is 2.11 bits per heavy atom. The molecule has 3 nitrogen and oxygen atoms in total. The molecule has 0 bridgehead atoms. The van der Waals surface area contributed by atoms with Gasteiger partial charge in [-0.2, -0.15) is 0 Å². The first-order chi connectivity index (χ1) is 9.28. The quantitative estimate of drug-likeness (QED) is 0.904. The first-order valence-electron chi connectivity index (χ1n) is 7.51. The number of para-hydroxylation sites is 1. The molecule has 2 unspecified atom stereocenters. The number of rotatable bonds is 3. The maximum Gasteiger partial charge on any atom is 0.125 e. The molecule has 1 N–H and O–H groups in total. The summed E-state index contributed by atoms with van der Waals surface area (Å²) in [5.41, 5.74) is 1.38. The van der Waals surface area contributed by atoms with Crippen LogP contribution >= 0.6 is 0 Å². The Labute approximate surface area is 115 Å². The molecule has 1 aromatic rings. The van der Waals surface area contributed by atoms with Crippen molar-refractivity contribution in [3.05, 3.63) is 29.8 Å². The van der Waals surface area contributed by atoms with Crippen molar-refractivity contribution in [1.82, 2.24) is 10.2 Å². The lowest BCUT2D eigenvalue weighted by Gasteiger charge is -2.43. The molecule has 1 aromatic carbocycles. The molecular weight excluding hydrogens is 236 g/mol. The number of nitrogens with one attached hydrogen (secondary N) is 1. The standard InChI is InChI=1S/C16H24N2O/c1-3-18(4-2)14-11-16(9-10-17-12-16)19-15-8-6-5-7-13(14)15/h5-8,14,17H,3-4,9-12H2,1-2H3. The van der Waals surface area contributed by atoms with Gasteiger partial charge in [0.25, 0.3) is 0 Å².